The molecule has 2 N–H and O–H groups in total. The molecule has 35 heavy (non-hydrogen) atoms. The second kappa shape index (κ2) is 11.3. The maximum absolute atomic E-state index is 6.16. The number of guanidine groups is 1. The van der Waals surface area contributed by atoms with Gasteiger partial charge in [0.1, 0.15) is 11.6 Å². The van der Waals surface area contributed by atoms with E-state index in [1.165, 1.54) is 0 Å². The Bertz CT molecular complexity index is 1200. The lowest BCUT2D eigenvalue weighted by Gasteiger charge is -2.36. The van der Waals surface area contributed by atoms with Crippen LogP contribution in [0.2, 0.25) is 5.02 Å². The molecule has 3 aromatic rings. The van der Waals surface area contributed by atoms with Crippen LogP contribution >= 0.6 is 23.8 Å². The Morgan fingerprint density at radius 2 is 1.77 bits per heavy atom. The van der Waals surface area contributed by atoms with Crippen molar-refractivity contribution in [3.05, 3.63) is 65.1 Å². The molecule has 1 aliphatic heterocycles. The highest BCUT2D eigenvalue weighted by molar-refractivity contribution is 7.80. The van der Waals surface area contributed by atoms with Crippen molar-refractivity contribution in [2.45, 2.75) is 13.8 Å². The summed E-state index contributed by atoms with van der Waals surface area (Å²) in [5.74, 6) is 2.61. The third-order valence-electron chi connectivity index (χ3n) is 5.37. The first kappa shape index (κ1) is 24.6. The lowest BCUT2D eigenvalue weighted by Crippen LogP contribution is -2.51. The van der Waals surface area contributed by atoms with Gasteiger partial charge in [0.15, 0.2) is 0 Å². The average molecular weight is 511 g/mol. The Morgan fingerprint density at radius 1 is 1.03 bits per heavy atom. The van der Waals surface area contributed by atoms with Crippen molar-refractivity contribution in [1.29, 1.82) is 0 Å². The van der Waals surface area contributed by atoms with Crippen LogP contribution in [0, 0.1) is 13.8 Å². The number of hydrogen-bond donors (Lipinski definition) is 2. The largest absolute Gasteiger partial charge is 0.495 e. The minimum absolute atomic E-state index is 0.254. The summed E-state index contributed by atoms with van der Waals surface area (Å²) in [5.41, 5.74) is 2.36. The molecular formula is C24H27ClN8OS. The highest BCUT2D eigenvalue weighted by Gasteiger charge is 2.22. The number of ether oxygens (including phenoxy) is 1. The molecule has 0 bridgehead atoms. The number of pyridine rings is 1. The van der Waals surface area contributed by atoms with Gasteiger partial charge >= 0.3 is 0 Å². The van der Waals surface area contributed by atoms with E-state index >= 15 is 0 Å². The zero-order chi connectivity index (χ0) is 24.8. The fourth-order valence-corrected chi connectivity index (χ4v) is 4.13. The molecule has 1 aliphatic rings. The summed E-state index contributed by atoms with van der Waals surface area (Å²) >= 11 is 11.7. The maximum atomic E-state index is 6.16. The summed E-state index contributed by atoms with van der Waals surface area (Å²) in [5, 5.41) is 7.21. The van der Waals surface area contributed by atoms with E-state index in [0.29, 0.717) is 28.4 Å². The van der Waals surface area contributed by atoms with E-state index in [0.717, 1.165) is 43.4 Å². The van der Waals surface area contributed by atoms with Gasteiger partial charge in [0.2, 0.25) is 17.0 Å². The molecule has 0 saturated carbocycles. The first-order valence-electron chi connectivity index (χ1n) is 11.1. The minimum atomic E-state index is 0.254. The Hall–Kier alpha value is -3.50. The number of hydrogen-bond acceptors (Lipinski definition) is 6. The van der Waals surface area contributed by atoms with Crippen LogP contribution in [0.3, 0.4) is 0 Å². The zero-order valence-corrected chi connectivity index (χ0v) is 21.4. The van der Waals surface area contributed by atoms with Gasteiger partial charge < -0.3 is 19.9 Å². The first-order valence-corrected chi connectivity index (χ1v) is 11.9. The number of thiocarbonyl (C=S) groups is 1. The molecule has 0 atom stereocenters. The molecular weight excluding hydrogens is 484 g/mol. The third-order valence-corrected chi connectivity index (χ3v) is 5.80. The molecule has 0 amide bonds. The number of benzene rings is 1. The molecule has 1 saturated heterocycles. The Kier molecular flexibility index (Phi) is 7.94. The number of aryl methyl sites for hydroxylation is 2. The Morgan fingerprint density at radius 3 is 2.43 bits per heavy atom. The molecule has 1 aromatic carbocycles. The van der Waals surface area contributed by atoms with E-state index in [9.17, 15) is 0 Å². The van der Waals surface area contributed by atoms with Crippen LogP contribution in [0.15, 0.2) is 53.7 Å². The molecule has 0 radical (unpaired) electrons. The fourth-order valence-electron chi connectivity index (χ4n) is 3.76. The highest BCUT2D eigenvalue weighted by atomic mass is 35.5. The fraction of sp³-hybridized carbons (Fsp3) is 0.292. The molecule has 1 fully saturated rings. The van der Waals surface area contributed by atoms with Gasteiger partial charge in [-0.15, -0.1) is 0 Å². The molecule has 2 aromatic heterocycles. The highest BCUT2D eigenvalue weighted by Crippen LogP contribution is 2.27. The van der Waals surface area contributed by atoms with Crippen molar-refractivity contribution >= 4 is 52.3 Å². The number of rotatable bonds is 4. The molecule has 0 spiro atoms. The SMILES string of the molecule is COc1ccc(Cl)cc1NC(=S)/N=C(/Nc1nc(C)cc(C)n1)N1CCN(c2ccccn2)CC1. The van der Waals surface area contributed by atoms with Crippen LogP contribution in [0.5, 0.6) is 5.75 Å². The standard InChI is InChI=1S/C24H27ClN8OS/c1-16-14-17(2)28-22(27-16)30-23(31-24(35)29-19-15-18(25)7-8-20(19)34-3)33-12-10-32(11-13-33)21-6-4-5-9-26-21/h4-9,14-15H,10-13H2,1-3H3,(H2,27,28,29,30,31,35). The van der Waals surface area contributed by atoms with Crippen LogP contribution in [0.4, 0.5) is 17.5 Å². The summed E-state index contributed by atoms with van der Waals surface area (Å²) in [4.78, 5) is 22.6. The normalized spacial score (nSPS) is 14.0. The van der Waals surface area contributed by atoms with Crippen molar-refractivity contribution in [1.82, 2.24) is 19.9 Å². The number of aromatic nitrogens is 3. The van der Waals surface area contributed by atoms with Gasteiger partial charge in [-0.05, 0) is 62.5 Å². The van der Waals surface area contributed by atoms with Gasteiger partial charge in [0.05, 0.1) is 12.8 Å². The van der Waals surface area contributed by atoms with Crippen molar-refractivity contribution in [3.8, 4) is 5.75 Å². The van der Waals surface area contributed by atoms with Crippen molar-refractivity contribution < 1.29 is 4.74 Å². The van der Waals surface area contributed by atoms with Crippen molar-refractivity contribution in [2.24, 2.45) is 4.99 Å². The van der Waals surface area contributed by atoms with Crippen LogP contribution in [-0.2, 0) is 0 Å². The van der Waals surface area contributed by atoms with E-state index in [-0.39, 0.29) is 5.11 Å². The summed E-state index contributed by atoms with van der Waals surface area (Å²) in [6, 6.07) is 13.1. The molecule has 4 rings (SSSR count). The number of aliphatic imine (C=N–C) groups is 1. The Labute approximate surface area is 215 Å². The summed E-state index contributed by atoms with van der Waals surface area (Å²) in [6.07, 6.45) is 1.81. The predicted molar refractivity (Wildman–Crippen MR) is 145 cm³/mol. The smallest absolute Gasteiger partial charge is 0.229 e. The lowest BCUT2D eigenvalue weighted by atomic mass is 10.3. The number of methoxy groups -OCH3 is 1. The number of halogens is 1. The van der Waals surface area contributed by atoms with Crippen molar-refractivity contribution in [2.75, 3.05) is 48.8 Å². The minimum Gasteiger partial charge on any atom is -0.495 e. The number of anilines is 3. The average Bonchev–Trinajstić information content (AvgIpc) is 2.84. The second-order valence-electron chi connectivity index (χ2n) is 7.97. The van der Waals surface area contributed by atoms with Gasteiger partial charge in [-0.2, -0.15) is 4.99 Å². The van der Waals surface area contributed by atoms with Crippen molar-refractivity contribution in [3.63, 3.8) is 0 Å². The number of nitrogens with zero attached hydrogens (tertiary/aromatic N) is 6. The topological polar surface area (TPSA) is 90.8 Å². The van der Waals surface area contributed by atoms with E-state index in [4.69, 9.17) is 33.5 Å². The van der Waals surface area contributed by atoms with Gasteiger partial charge in [-0.1, -0.05) is 17.7 Å². The molecule has 182 valence electrons. The summed E-state index contributed by atoms with van der Waals surface area (Å²) in [7, 11) is 1.59. The van der Waals surface area contributed by atoms with Crippen LogP contribution in [-0.4, -0.2) is 64.2 Å². The predicted octanol–water partition coefficient (Wildman–Crippen LogP) is 4.14. The molecule has 9 nitrogen and oxygen atoms in total. The third kappa shape index (κ3) is 6.55. The molecule has 11 heteroatoms. The van der Waals surface area contributed by atoms with E-state index in [1.54, 1.807) is 25.3 Å². The molecule has 3 heterocycles. The van der Waals surface area contributed by atoms with Crippen LogP contribution < -0.4 is 20.3 Å². The quantitative estimate of drug-likeness (QED) is 0.305. The van der Waals surface area contributed by atoms with E-state index in [1.807, 2.05) is 44.3 Å². The maximum Gasteiger partial charge on any atom is 0.229 e. The summed E-state index contributed by atoms with van der Waals surface area (Å²) < 4.78 is 5.41. The van der Waals surface area contributed by atoms with Gasteiger partial charge in [0, 0.05) is 48.8 Å². The van der Waals surface area contributed by atoms with Gasteiger partial charge in [0.25, 0.3) is 0 Å². The Balaban J connectivity index is 1.56. The first-order chi connectivity index (χ1) is 16.9. The summed E-state index contributed by atoms with van der Waals surface area (Å²) in [6.45, 7) is 6.87. The number of piperazine rings is 1. The monoisotopic (exact) mass is 510 g/mol. The number of nitrogens with one attached hydrogen (secondary N) is 2. The van der Waals surface area contributed by atoms with Crippen LogP contribution in [0.25, 0.3) is 0 Å². The van der Waals surface area contributed by atoms with E-state index in [2.05, 4.69) is 35.4 Å². The zero-order valence-electron chi connectivity index (χ0n) is 19.8. The van der Waals surface area contributed by atoms with E-state index < -0.39 is 0 Å². The van der Waals surface area contributed by atoms with Gasteiger partial charge in [-0.3, -0.25) is 5.32 Å². The van der Waals surface area contributed by atoms with Crippen LogP contribution in [0.1, 0.15) is 11.4 Å². The molecule has 0 unspecified atom stereocenters. The van der Waals surface area contributed by atoms with Gasteiger partial charge in [-0.25, -0.2) is 15.0 Å². The molecule has 0 aliphatic carbocycles. The second-order valence-corrected chi connectivity index (χ2v) is 8.79. The lowest BCUT2D eigenvalue weighted by molar-refractivity contribution is 0.384.